The van der Waals surface area contributed by atoms with Crippen LogP contribution in [0.15, 0.2) is 6.20 Å². The molecular formula is C9H11N3O2. The van der Waals surface area contributed by atoms with E-state index >= 15 is 0 Å². The van der Waals surface area contributed by atoms with Gasteiger partial charge in [-0.15, -0.1) is 0 Å². The van der Waals surface area contributed by atoms with Crippen molar-refractivity contribution in [2.24, 2.45) is 5.41 Å². The zero-order chi connectivity index (χ0) is 10.5. The molecule has 0 unspecified atom stereocenters. The summed E-state index contributed by atoms with van der Waals surface area (Å²) in [5.41, 5.74) is -0.243. The van der Waals surface area contributed by atoms with Crippen molar-refractivity contribution in [2.45, 2.75) is 20.8 Å². The highest BCUT2D eigenvalue weighted by atomic mass is 16.2. The molecule has 5 heteroatoms. The van der Waals surface area contributed by atoms with Crippen LogP contribution in [0.5, 0.6) is 0 Å². The van der Waals surface area contributed by atoms with Crippen LogP contribution in [-0.2, 0) is 4.79 Å². The van der Waals surface area contributed by atoms with Gasteiger partial charge in [0.05, 0.1) is 6.20 Å². The molecule has 2 heterocycles. The predicted molar refractivity (Wildman–Crippen MR) is 50.0 cm³/mol. The lowest BCUT2D eigenvalue weighted by molar-refractivity contribution is -0.122. The Morgan fingerprint density at radius 1 is 1.43 bits per heavy atom. The van der Waals surface area contributed by atoms with E-state index in [1.807, 2.05) is 0 Å². The summed E-state index contributed by atoms with van der Waals surface area (Å²) in [6.45, 7) is 4.97. The Bertz CT molecular complexity index is 431. The van der Waals surface area contributed by atoms with Crippen LogP contribution in [0, 0.1) is 12.3 Å². The van der Waals surface area contributed by atoms with Gasteiger partial charge in [-0.1, -0.05) is 0 Å². The maximum atomic E-state index is 11.8. The summed E-state index contributed by atoms with van der Waals surface area (Å²) in [4.78, 5) is 23.4. The first-order chi connectivity index (χ1) is 6.44. The average molecular weight is 193 g/mol. The van der Waals surface area contributed by atoms with E-state index in [-0.39, 0.29) is 11.8 Å². The largest absolute Gasteiger partial charge is 0.309 e. The number of rotatable bonds is 0. The maximum Gasteiger partial charge on any atom is 0.263 e. The smallest absolute Gasteiger partial charge is 0.263 e. The Morgan fingerprint density at radius 3 is 2.71 bits per heavy atom. The Labute approximate surface area is 81.1 Å². The number of carbonyl (C=O) groups is 2. The highest BCUT2D eigenvalue weighted by Gasteiger charge is 2.43. The first-order valence-electron chi connectivity index (χ1n) is 4.35. The van der Waals surface area contributed by atoms with Gasteiger partial charge >= 0.3 is 0 Å². The SMILES string of the molecule is Cc1cnn2c1NC(=O)C(C)(C)C2=O. The molecule has 2 rings (SSSR count). The van der Waals surface area contributed by atoms with Crippen LogP contribution >= 0.6 is 0 Å². The Kier molecular flexibility index (Phi) is 1.55. The van der Waals surface area contributed by atoms with Gasteiger partial charge in [0.2, 0.25) is 5.91 Å². The zero-order valence-corrected chi connectivity index (χ0v) is 8.29. The topological polar surface area (TPSA) is 64.0 Å². The number of hydrogen-bond donors (Lipinski definition) is 1. The van der Waals surface area contributed by atoms with Crippen LogP contribution in [0.2, 0.25) is 0 Å². The lowest BCUT2D eigenvalue weighted by Crippen LogP contribution is -2.46. The highest BCUT2D eigenvalue weighted by molar-refractivity contribution is 6.14. The molecule has 74 valence electrons. The molecule has 0 atom stereocenters. The number of anilines is 1. The van der Waals surface area contributed by atoms with Crippen LogP contribution in [0.25, 0.3) is 0 Å². The van der Waals surface area contributed by atoms with Gasteiger partial charge in [0.15, 0.2) is 0 Å². The van der Waals surface area contributed by atoms with E-state index in [4.69, 9.17) is 0 Å². The summed E-state index contributed by atoms with van der Waals surface area (Å²) in [5, 5.41) is 6.59. The lowest BCUT2D eigenvalue weighted by atomic mass is 9.90. The summed E-state index contributed by atoms with van der Waals surface area (Å²) >= 11 is 0. The molecule has 14 heavy (non-hydrogen) atoms. The molecule has 0 aliphatic carbocycles. The molecule has 1 aliphatic rings. The number of fused-ring (bicyclic) bond motifs is 1. The van der Waals surface area contributed by atoms with Crippen LogP contribution in [0.4, 0.5) is 5.82 Å². The second-order valence-corrected chi connectivity index (χ2v) is 3.97. The minimum Gasteiger partial charge on any atom is -0.309 e. The van der Waals surface area contributed by atoms with Crippen molar-refractivity contribution in [2.75, 3.05) is 5.32 Å². The van der Waals surface area contributed by atoms with Gasteiger partial charge in [0.1, 0.15) is 11.2 Å². The van der Waals surface area contributed by atoms with Crippen molar-refractivity contribution < 1.29 is 9.59 Å². The summed E-state index contributed by atoms with van der Waals surface area (Å²) in [7, 11) is 0. The molecule has 1 aromatic rings. The quantitative estimate of drug-likeness (QED) is 0.620. The minimum atomic E-state index is -1.04. The fourth-order valence-electron chi connectivity index (χ4n) is 1.36. The standard InChI is InChI=1S/C9H11N3O2/c1-5-4-10-12-6(5)11-7(13)9(2,3)8(12)14/h4H,1-3H3,(H,11,13). The van der Waals surface area contributed by atoms with Gasteiger partial charge in [0, 0.05) is 5.56 Å². The van der Waals surface area contributed by atoms with Gasteiger partial charge in [-0.05, 0) is 20.8 Å². The summed E-state index contributed by atoms with van der Waals surface area (Å²) < 4.78 is 1.25. The Balaban J connectivity index is 2.62. The highest BCUT2D eigenvalue weighted by Crippen LogP contribution is 2.29. The first-order valence-corrected chi connectivity index (χ1v) is 4.35. The summed E-state index contributed by atoms with van der Waals surface area (Å²) in [6.07, 6.45) is 1.56. The van der Waals surface area contributed by atoms with Crippen molar-refractivity contribution in [1.82, 2.24) is 9.78 Å². The number of nitrogens with zero attached hydrogens (tertiary/aromatic N) is 2. The van der Waals surface area contributed by atoms with E-state index < -0.39 is 5.41 Å². The molecule has 0 spiro atoms. The average Bonchev–Trinajstić information content (AvgIpc) is 2.45. The zero-order valence-electron chi connectivity index (χ0n) is 8.29. The van der Waals surface area contributed by atoms with Crippen LogP contribution in [-0.4, -0.2) is 21.6 Å². The molecule has 0 saturated heterocycles. The van der Waals surface area contributed by atoms with Crippen molar-refractivity contribution >= 4 is 17.6 Å². The molecule has 0 bridgehead atoms. The van der Waals surface area contributed by atoms with E-state index in [9.17, 15) is 9.59 Å². The Hall–Kier alpha value is -1.65. The molecule has 1 amide bonds. The third kappa shape index (κ3) is 0.921. The van der Waals surface area contributed by atoms with Crippen molar-refractivity contribution in [3.05, 3.63) is 11.8 Å². The number of carbonyl (C=O) groups excluding carboxylic acids is 2. The van der Waals surface area contributed by atoms with Gasteiger partial charge in [-0.2, -0.15) is 9.78 Å². The first kappa shape index (κ1) is 8.93. The molecule has 1 aromatic heterocycles. The second kappa shape index (κ2) is 2.43. The maximum absolute atomic E-state index is 11.8. The molecule has 1 aliphatic heterocycles. The normalized spacial score (nSPS) is 19.1. The number of aryl methyl sites for hydroxylation is 1. The molecule has 0 radical (unpaired) electrons. The van der Waals surface area contributed by atoms with Crippen molar-refractivity contribution in [3.8, 4) is 0 Å². The second-order valence-electron chi connectivity index (χ2n) is 3.97. The molecular weight excluding hydrogens is 182 g/mol. The minimum absolute atomic E-state index is 0.279. The van der Waals surface area contributed by atoms with Gasteiger partial charge in [-0.3, -0.25) is 9.59 Å². The van der Waals surface area contributed by atoms with E-state index in [1.54, 1.807) is 27.0 Å². The van der Waals surface area contributed by atoms with Crippen molar-refractivity contribution in [3.63, 3.8) is 0 Å². The van der Waals surface area contributed by atoms with Gasteiger partial charge in [0.25, 0.3) is 5.91 Å². The van der Waals surface area contributed by atoms with Crippen molar-refractivity contribution in [1.29, 1.82) is 0 Å². The Morgan fingerprint density at radius 2 is 2.07 bits per heavy atom. The van der Waals surface area contributed by atoms with Crippen LogP contribution in [0.1, 0.15) is 24.2 Å². The summed E-state index contributed by atoms with van der Waals surface area (Å²) in [5.74, 6) is -0.0812. The number of nitrogens with one attached hydrogen (secondary N) is 1. The monoisotopic (exact) mass is 193 g/mol. The molecule has 0 fully saturated rings. The van der Waals surface area contributed by atoms with Gasteiger partial charge < -0.3 is 5.32 Å². The van der Waals surface area contributed by atoms with E-state index in [0.717, 1.165) is 5.56 Å². The lowest BCUT2D eigenvalue weighted by Gasteiger charge is -2.27. The number of aromatic nitrogens is 2. The third-order valence-electron chi connectivity index (χ3n) is 2.48. The fourth-order valence-corrected chi connectivity index (χ4v) is 1.36. The van der Waals surface area contributed by atoms with Crippen LogP contribution in [0.3, 0.4) is 0 Å². The third-order valence-corrected chi connectivity index (χ3v) is 2.48. The van der Waals surface area contributed by atoms with Gasteiger partial charge in [-0.25, -0.2) is 0 Å². The molecule has 5 nitrogen and oxygen atoms in total. The molecule has 1 N–H and O–H groups in total. The van der Waals surface area contributed by atoms with Crippen LogP contribution < -0.4 is 5.32 Å². The van der Waals surface area contributed by atoms with E-state index in [0.29, 0.717) is 5.82 Å². The number of hydrogen-bond acceptors (Lipinski definition) is 3. The number of amides is 1. The van der Waals surface area contributed by atoms with E-state index in [2.05, 4.69) is 10.4 Å². The van der Waals surface area contributed by atoms with E-state index in [1.165, 1.54) is 4.68 Å². The molecule has 0 saturated carbocycles. The predicted octanol–water partition coefficient (Wildman–Crippen LogP) is 0.810. The summed E-state index contributed by atoms with van der Waals surface area (Å²) in [6, 6.07) is 0. The molecule has 0 aromatic carbocycles. The fraction of sp³-hybridized carbons (Fsp3) is 0.444.